The minimum atomic E-state index is 0.186. The van der Waals surface area contributed by atoms with E-state index >= 15 is 0 Å². The molecule has 0 spiro atoms. The second-order valence-corrected chi connectivity index (χ2v) is 10.7. The lowest BCUT2D eigenvalue weighted by molar-refractivity contribution is 0.344. The highest BCUT2D eigenvalue weighted by Crippen LogP contribution is 2.44. The van der Waals surface area contributed by atoms with Gasteiger partial charge in [0, 0.05) is 20.6 Å². The quantitative estimate of drug-likeness (QED) is 0.704. The van der Waals surface area contributed by atoms with Gasteiger partial charge in [0.2, 0.25) is 0 Å². The summed E-state index contributed by atoms with van der Waals surface area (Å²) >= 11 is 2.11. The van der Waals surface area contributed by atoms with E-state index < -0.39 is 0 Å². The molecule has 3 heteroatoms. The average molecular weight is 289 g/mol. The first kappa shape index (κ1) is 19.3. The van der Waals surface area contributed by atoms with Gasteiger partial charge in [0.05, 0.1) is 0 Å². The number of hydrogen-bond donors (Lipinski definition) is 2. The van der Waals surface area contributed by atoms with Crippen LogP contribution in [0.3, 0.4) is 0 Å². The minimum absolute atomic E-state index is 0.186. The minimum Gasteiger partial charge on any atom is -0.315 e. The van der Waals surface area contributed by atoms with Gasteiger partial charge in [0.1, 0.15) is 0 Å². The molecule has 0 unspecified atom stereocenters. The van der Waals surface area contributed by atoms with Crippen LogP contribution in [0, 0.1) is 0 Å². The first-order valence-electron chi connectivity index (χ1n) is 7.32. The monoisotopic (exact) mass is 288 g/mol. The molecule has 0 aliphatic heterocycles. The Hall–Kier alpha value is 0.270. The Kier molecular flexibility index (Phi) is 6.45. The molecule has 19 heavy (non-hydrogen) atoms. The normalized spacial score (nSPS) is 14.8. The van der Waals surface area contributed by atoms with Gasteiger partial charge in [0.25, 0.3) is 0 Å². The molecule has 0 aromatic carbocycles. The van der Waals surface area contributed by atoms with Gasteiger partial charge in [-0.1, -0.05) is 27.7 Å². The molecule has 116 valence electrons. The standard InChI is InChI=1S/C16H36N2S/c1-13(2,17-9)11-15(5,6)19-16(7,8)12-14(3,4)18-10/h17-18H,11-12H2,1-10H3. The second kappa shape index (κ2) is 6.36. The van der Waals surface area contributed by atoms with E-state index in [2.05, 4.69) is 91.9 Å². The maximum absolute atomic E-state index is 3.42. The van der Waals surface area contributed by atoms with Gasteiger partial charge in [-0.05, 0) is 54.6 Å². The van der Waals surface area contributed by atoms with E-state index in [0.29, 0.717) is 0 Å². The predicted octanol–water partition coefficient (Wildman–Crippen LogP) is 4.05. The van der Waals surface area contributed by atoms with Crippen molar-refractivity contribution >= 4 is 11.8 Å². The molecule has 0 rings (SSSR count). The molecule has 0 fully saturated rings. The summed E-state index contributed by atoms with van der Waals surface area (Å²) in [6.07, 6.45) is 2.31. The van der Waals surface area contributed by atoms with E-state index in [-0.39, 0.29) is 20.6 Å². The Balaban J connectivity index is 4.72. The molecule has 0 aliphatic carbocycles. The summed E-state index contributed by atoms with van der Waals surface area (Å²) in [5.41, 5.74) is 0.371. The third kappa shape index (κ3) is 8.21. The first-order chi connectivity index (χ1) is 8.24. The third-order valence-corrected chi connectivity index (χ3v) is 5.04. The van der Waals surface area contributed by atoms with Crippen molar-refractivity contribution in [3.8, 4) is 0 Å². The maximum atomic E-state index is 3.42. The van der Waals surface area contributed by atoms with E-state index in [9.17, 15) is 0 Å². The lowest BCUT2D eigenvalue weighted by Gasteiger charge is -2.42. The summed E-state index contributed by atoms with van der Waals surface area (Å²) in [5, 5.41) is 6.83. The molecular formula is C16H36N2S. The van der Waals surface area contributed by atoms with Crippen LogP contribution in [0.4, 0.5) is 0 Å². The molecular weight excluding hydrogens is 252 g/mol. The van der Waals surface area contributed by atoms with E-state index in [1.165, 1.54) is 0 Å². The zero-order chi connectivity index (χ0) is 15.5. The molecule has 0 radical (unpaired) electrons. The number of thioether (sulfide) groups is 1. The Labute approximate surface area is 125 Å². The second-order valence-electron chi connectivity index (χ2n) is 8.24. The fourth-order valence-electron chi connectivity index (χ4n) is 3.13. The largest absolute Gasteiger partial charge is 0.315 e. The Morgan fingerprint density at radius 2 is 0.895 bits per heavy atom. The molecule has 0 aromatic rings. The fraction of sp³-hybridized carbons (Fsp3) is 1.00. The molecule has 0 aromatic heterocycles. The Morgan fingerprint density at radius 1 is 0.632 bits per heavy atom. The van der Waals surface area contributed by atoms with E-state index in [1.54, 1.807) is 0 Å². The van der Waals surface area contributed by atoms with Gasteiger partial charge in [-0.2, -0.15) is 0 Å². The zero-order valence-corrected chi connectivity index (χ0v) is 15.6. The van der Waals surface area contributed by atoms with Crippen LogP contribution in [0.1, 0.15) is 68.2 Å². The van der Waals surface area contributed by atoms with Crippen molar-refractivity contribution in [1.82, 2.24) is 10.6 Å². The van der Waals surface area contributed by atoms with Crippen molar-refractivity contribution in [3.63, 3.8) is 0 Å². The van der Waals surface area contributed by atoms with Crippen molar-refractivity contribution in [2.45, 2.75) is 88.8 Å². The van der Waals surface area contributed by atoms with Crippen molar-refractivity contribution in [1.29, 1.82) is 0 Å². The van der Waals surface area contributed by atoms with Crippen molar-refractivity contribution in [2.24, 2.45) is 0 Å². The average Bonchev–Trinajstić information content (AvgIpc) is 2.12. The van der Waals surface area contributed by atoms with Crippen LogP contribution < -0.4 is 10.6 Å². The Bertz CT molecular complexity index is 252. The first-order valence-corrected chi connectivity index (χ1v) is 8.14. The van der Waals surface area contributed by atoms with Crippen LogP contribution >= 0.6 is 11.8 Å². The molecule has 0 saturated heterocycles. The van der Waals surface area contributed by atoms with Gasteiger partial charge >= 0.3 is 0 Å². The molecule has 0 atom stereocenters. The summed E-state index contributed by atoms with van der Waals surface area (Å²) in [7, 11) is 4.10. The van der Waals surface area contributed by atoms with Crippen molar-refractivity contribution in [2.75, 3.05) is 14.1 Å². The number of hydrogen-bond acceptors (Lipinski definition) is 3. The SMILES string of the molecule is CNC(C)(C)CC(C)(C)SC(C)(C)CC(C)(C)NC. The van der Waals surface area contributed by atoms with Gasteiger partial charge in [-0.3, -0.25) is 0 Å². The Morgan fingerprint density at radius 3 is 1.11 bits per heavy atom. The van der Waals surface area contributed by atoms with Crippen LogP contribution in [-0.2, 0) is 0 Å². The van der Waals surface area contributed by atoms with E-state index in [4.69, 9.17) is 0 Å². The molecule has 0 aliphatic rings. The van der Waals surface area contributed by atoms with Gasteiger partial charge < -0.3 is 10.6 Å². The molecule has 0 saturated carbocycles. The van der Waals surface area contributed by atoms with Crippen LogP contribution in [0.2, 0.25) is 0 Å². The molecule has 2 N–H and O–H groups in total. The van der Waals surface area contributed by atoms with Gasteiger partial charge in [-0.25, -0.2) is 0 Å². The van der Waals surface area contributed by atoms with E-state index in [1.807, 2.05) is 0 Å². The highest BCUT2D eigenvalue weighted by atomic mass is 32.2. The number of rotatable bonds is 8. The van der Waals surface area contributed by atoms with Crippen LogP contribution in [0.25, 0.3) is 0 Å². The molecule has 2 nitrogen and oxygen atoms in total. The smallest absolute Gasteiger partial charge is 0.0135 e. The van der Waals surface area contributed by atoms with Gasteiger partial charge in [0.15, 0.2) is 0 Å². The zero-order valence-electron chi connectivity index (χ0n) is 14.8. The summed E-state index contributed by atoms with van der Waals surface area (Å²) in [6.45, 7) is 18.6. The lowest BCUT2D eigenvalue weighted by Crippen LogP contribution is -2.45. The third-order valence-electron chi connectivity index (χ3n) is 3.64. The molecule has 0 bridgehead atoms. The predicted molar refractivity (Wildman–Crippen MR) is 91.3 cm³/mol. The van der Waals surface area contributed by atoms with Crippen molar-refractivity contribution in [3.05, 3.63) is 0 Å². The van der Waals surface area contributed by atoms with Crippen molar-refractivity contribution < 1.29 is 0 Å². The summed E-state index contributed by atoms with van der Waals surface area (Å²) in [4.78, 5) is 0. The summed E-state index contributed by atoms with van der Waals surface area (Å²) in [6, 6.07) is 0. The topological polar surface area (TPSA) is 24.1 Å². The van der Waals surface area contributed by atoms with Crippen LogP contribution in [0.15, 0.2) is 0 Å². The lowest BCUT2D eigenvalue weighted by atomic mass is 9.91. The fourth-order valence-corrected chi connectivity index (χ4v) is 5.49. The van der Waals surface area contributed by atoms with Gasteiger partial charge in [-0.15, -0.1) is 11.8 Å². The summed E-state index contributed by atoms with van der Waals surface area (Å²) in [5.74, 6) is 0. The summed E-state index contributed by atoms with van der Waals surface area (Å²) < 4.78 is 0.527. The highest BCUT2D eigenvalue weighted by molar-refractivity contribution is 8.01. The molecule has 0 amide bonds. The maximum Gasteiger partial charge on any atom is 0.0135 e. The van der Waals surface area contributed by atoms with E-state index in [0.717, 1.165) is 12.8 Å². The highest BCUT2D eigenvalue weighted by Gasteiger charge is 2.36. The number of nitrogens with one attached hydrogen (secondary N) is 2. The molecule has 0 heterocycles. The van der Waals surface area contributed by atoms with Crippen LogP contribution in [0.5, 0.6) is 0 Å². The van der Waals surface area contributed by atoms with Crippen LogP contribution in [-0.4, -0.2) is 34.7 Å².